The summed E-state index contributed by atoms with van der Waals surface area (Å²) in [4.78, 5) is 11.6. The number of aromatic nitrogens is 2. The number of rotatable bonds is 3. The minimum Gasteiger partial charge on any atom is -0.294 e. The lowest BCUT2D eigenvalue weighted by Gasteiger charge is -2.01. The first-order valence-electron chi connectivity index (χ1n) is 4.87. The molecule has 0 atom stereocenters. The highest BCUT2D eigenvalue weighted by molar-refractivity contribution is 7.85. The first-order valence-corrected chi connectivity index (χ1v) is 6.86. The van der Waals surface area contributed by atoms with Crippen LogP contribution in [0.5, 0.6) is 0 Å². The quantitative estimate of drug-likeness (QED) is 0.830. The van der Waals surface area contributed by atoms with Gasteiger partial charge in [0.05, 0.1) is 11.4 Å². The van der Waals surface area contributed by atoms with Crippen LogP contribution in [0.2, 0.25) is 5.02 Å². The third-order valence-electron chi connectivity index (χ3n) is 2.20. The van der Waals surface area contributed by atoms with Gasteiger partial charge in [-0.1, -0.05) is 11.6 Å². The van der Waals surface area contributed by atoms with Crippen molar-refractivity contribution in [1.82, 2.24) is 9.78 Å². The van der Waals surface area contributed by atoms with Gasteiger partial charge in [0.2, 0.25) is 0 Å². The Morgan fingerprint density at radius 1 is 1.28 bits per heavy atom. The molecule has 0 aliphatic heterocycles. The summed E-state index contributed by atoms with van der Waals surface area (Å²) in [6.45, 7) is 0. The van der Waals surface area contributed by atoms with Crippen molar-refractivity contribution in [2.24, 2.45) is 0 Å². The molecule has 2 aromatic rings. The van der Waals surface area contributed by atoms with Crippen LogP contribution < -0.4 is 5.56 Å². The van der Waals surface area contributed by atoms with E-state index in [1.807, 2.05) is 0 Å². The van der Waals surface area contributed by atoms with E-state index in [4.69, 9.17) is 16.2 Å². The monoisotopic (exact) mass is 288 g/mol. The molecule has 8 heteroatoms. The fourth-order valence-corrected chi connectivity index (χ4v) is 2.16. The van der Waals surface area contributed by atoms with Crippen molar-refractivity contribution >= 4 is 21.7 Å². The third kappa shape index (κ3) is 3.00. The van der Waals surface area contributed by atoms with Crippen LogP contribution in [-0.2, 0) is 15.9 Å². The van der Waals surface area contributed by atoms with Crippen LogP contribution in [0.25, 0.3) is 5.69 Å². The van der Waals surface area contributed by atoms with Gasteiger partial charge in [0.15, 0.2) is 0 Å². The Hall–Kier alpha value is -1.57. The van der Waals surface area contributed by atoms with Gasteiger partial charge in [-0.25, -0.2) is 4.68 Å². The Morgan fingerprint density at radius 3 is 2.44 bits per heavy atom. The molecule has 0 spiro atoms. The van der Waals surface area contributed by atoms with Gasteiger partial charge in [0.25, 0.3) is 15.7 Å². The summed E-state index contributed by atoms with van der Waals surface area (Å²) in [7, 11) is -4.17. The van der Waals surface area contributed by atoms with E-state index in [-0.39, 0.29) is 5.69 Å². The van der Waals surface area contributed by atoms with Crippen molar-refractivity contribution in [2.75, 3.05) is 0 Å². The third-order valence-corrected chi connectivity index (χ3v) is 3.12. The van der Waals surface area contributed by atoms with Crippen LogP contribution in [0.4, 0.5) is 0 Å². The summed E-state index contributed by atoms with van der Waals surface area (Å²) >= 11 is 5.72. The van der Waals surface area contributed by atoms with Crippen molar-refractivity contribution in [3.8, 4) is 5.69 Å². The molecular formula is C10H9ClN2O4S. The number of benzene rings is 1. The number of H-pyrrole nitrogens is 1. The minimum atomic E-state index is -4.17. The van der Waals surface area contributed by atoms with Crippen molar-refractivity contribution in [3.05, 3.63) is 51.4 Å². The molecule has 18 heavy (non-hydrogen) atoms. The molecule has 0 unspecified atom stereocenters. The SMILES string of the molecule is O=c1cc(CS(=O)(=O)O)[nH]n1-c1ccc(Cl)cc1. The van der Waals surface area contributed by atoms with Crippen LogP contribution in [0.15, 0.2) is 35.1 Å². The van der Waals surface area contributed by atoms with Crippen LogP contribution >= 0.6 is 11.6 Å². The molecule has 0 bridgehead atoms. The normalized spacial score (nSPS) is 11.7. The Balaban J connectivity index is 2.41. The number of aromatic amines is 1. The number of halogens is 1. The highest BCUT2D eigenvalue weighted by Gasteiger charge is 2.11. The maximum atomic E-state index is 11.6. The van der Waals surface area contributed by atoms with Gasteiger partial charge >= 0.3 is 0 Å². The highest BCUT2D eigenvalue weighted by Crippen LogP contribution is 2.11. The van der Waals surface area contributed by atoms with Crippen molar-refractivity contribution < 1.29 is 13.0 Å². The zero-order valence-electron chi connectivity index (χ0n) is 9.00. The Bertz CT molecular complexity index is 715. The lowest BCUT2D eigenvalue weighted by atomic mass is 10.3. The number of nitrogens with zero attached hydrogens (tertiary/aromatic N) is 1. The molecule has 0 aliphatic carbocycles. The van der Waals surface area contributed by atoms with Gasteiger partial charge in [-0.2, -0.15) is 8.42 Å². The number of hydrogen-bond acceptors (Lipinski definition) is 3. The van der Waals surface area contributed by atoms with Crippen molar-refractivity contribution in [1.29, 1.82) is 0 Å². The predicted molar refractivity (Wildman–Crippen MR) is 66.7 cm³/mol. The van der Waals surface area contributed by atoms with Crippen LogP contribution in [0.1, 0.15) is 5.69 Å². The summed E-state index contributed by atoms with van der Waals surface area (Å²) in [6, 6.07) is 7.54. The molecule has 0 fully saturated rings. The predicted octanol–water partition coefficient (Wildman–Crippen LogP) is 1.21. The second kappa shape index (κ2) is 4.60. The zero-order valence-corrected chi connectivity index (χ0v) is 10.6. The van der Waals surface area contributed by atoms with Gasteiger partial charge in [-0.3, -0.25) is 14.4 Å². The average molecular weight is 289 g/mol. The van der Waals surface area contributed by atoms with Gasteiger partial charge in [0.1, 0.15) is 5.75 Å². The summed E-state index contributed by atoms with van der Waals surface area (Å²) in [6.07, 6.45) is 0. The number of nitrogens with one attached hydrogen (secondary N) is 1. The summed E-state index contributed by atoms with van der Waals surface area (Å²) < 4.78 is 31.3. The smallest absolute Gasteiger partial charge is 0.271 e. The fourth-order valence-electron chi connectivity index (χ4n) is 1.50. The zero-order chi connectivity index (χ0) is 13.3. The van der Waals surface area contributed by atoms with Gasteiger partial charge in [-0.15, -0.1) is 0 Å². The number of hydrogen-bond donors (Lipinski definition) is 2. The van der Waals surface area contributed by atoms with Gasteiger partial charge in [-0.05, 0) is 24.3 Å². The molecular weight excluding hydrogens is 280 g/mol. The first-order chi connectivity index (χ1) is 8.35. The van der Waals surface area contributed by atoms with E-state index in [2.05, 4.69) is 5.10 Å². The van der Waals surface area contributed by atoms with Gasteiger partial charge in [0, 0.05) is 11.1 Å². The molecule has 0 radical (unpaired) electrons. The minimum absolute atomic E-state index is 0.109. The van der Waals surface area contributed by atoms with Crippen LogP contribution in [0.3, 0.4) is 0 Å². The van der Waals surface area contributed by atoms with Crippen molar-refractivity contribution in [2.45, 2.75) is 5.75 Å². The molecule has 96 valence electrons. The molecule has 1 heterocycles. The lowest BCUT2D eigenvalue weighted by molar-refractivity contribution is 0.481. The van der Waals surface area contributed by atoms with E-state index in [0.29, 0.717) is 10.7 Å². The van der Waals surface area contributed by atoms with E-state index >= 15 is 0 Å². The van der Waals surface area contributed by atoms with E-state index < -0.39 is 21.4 Å². The average Bonchev–Trinajstić information content (AvgIpc) is 2.58. The largest absolute Gasteiger partial charge is 0.294 e. The topological polar surface area (TPSA) is 92.2 Å². The summed E-state index contributed by atoms with van der Waals surface area (Å²) in [5.41, 5.74) is 0.208. The second-order valence-corrected chi connectivity index (χ2v) is 5.55. The Kier molecular flexibility index (Phi) is 3.29. The Morgan fingerprint density at radius 2 is 1.89 bits per heavy atom. The lowest BCUT2D eigenvalue weighted by Crippen LogP contribution is -2.13. The highest BCUT2D eigenvalue weighted by atomic mass is 35.5. The fraction of sp³-hybridized carbons (Fsp3) is 0.100. The van der Waals surface area contributed by atoms with E-state index in [1.54, 1.807) is 24.3 Å². The Labute approximate surface area is 108 Å². The molecule has 0 saturated heterocycles. The summed E-state index contributed by atoms with van der Waals surface area (Å²) in [5.74, 6) is -0.636. The van der Waals surface area contributed by atoms with E-state index in [9.17, 15) is 13.2 Å². The molecule has 6 nitrogen and oxygen atoms in total. The molecule has 1 aromatic carbocycles. The molecule has 1 aromatic heterocycles. The molecule has 2 rings (SSSR count). The molecule has 2 N–H and O–H groups in total. The first kappa shape index (κ1) is 12.9. The maximum absolute atomic E-state index is 11.6. The maximum Gasteiger partial charge on any atom is 0.271 e. The van der Waals surface area contributed by atoms with Crippen molar-refractivity contribution in [3.63, 3.8) is 0 Å². The van der Waals surface area contributed by atoms with Gasteiger partial charge < -0.3 is 0 Å². The van der Waals surface area contributed by atoms with Crippen LogP contribution in [-0.4, -0.2) is 22.8 Å². The second-order valence-electron chi connectivity index (χ2n) is 3.66. The van der Waals surface area contributed by atoms with Crippen LogP contribution in [0, 0.1) is 0 Å². The molecule has 0 aliphatic rings. The van der Waals surface area contributed by atoms with E-state index in [0.717, 1.165) is 10.7 Å². The standard InChI is InChI=1S/C10H9ClN2O4S/c11-7-1-3-9(4-2-7)13-10(14)5-8(12-13)6-18(15,16)17/h1-5,12H,6H2,(H,15,16,17). The molecule has 0 amide bonds. The van der Waals surface area contributed by atoms with E-state index in [1.165, 1.54) is 0 Å². The summed E-state index contributed by atoms with van der Waals surface area (Å²) in [5, 5.41) is 3.12. The molecule has 0 saturated carbocycles.